The van der Waals surface area contributed by atoms with Crippen molar-refractivity contribution in [1.29, 1.82) is 0 Å². The molecule has 28 heavy (non-hydrogen) atoms. The van der Waals surface area contributed by atoms with Crippen molar-refractivity contribution in [2.45, 2.75) is 46.8 Å². The SMILES string of the molecule is CC(C)OCCN1C(=O)C(O)=C(C(=O)C(C)(C)C)C1c1ccc(N(C)C)cc1. The minimum absolute atomic E-state index is 0.0350. The number of aliphatic hydroxyl groups is 1. The van der Waals surface area contributed by atoms with Gasteiger partial charge < -0.3 is 19.6 Å². The number of hydrogen-bond acceptors (Lipinski definition) is 5. The highest BCUT2D eigenvalue weighted by atomic mass is 16.5. The number of benzene rings is 1. The second-order valence-corrected chi connectivity index (χ2v) is 8.65. The first-order valence-electron chi connectivity index (χ1n) is 9.63. The molecule has 2 rings (SSSR count). The molecule has 1 N–H and O–H groups in total. The van der Waals surface area contributed by atoms with E-state index in [1.54, 1.807) is 20.8 Å². The Morgan fingerprint density at radius 3 is 2.25 bits per heavy atom. The van der Waals surface area contributed by atoms with Crippen molar-refractivity contribution in [3.05, 3.63) is 41.2 Å². The fourth-order valence-electron chi connectivity index (χ4n) is 3.21. The number of ketones is 1. The zero-order valence-corrected chi connectivity index (χ0v) is 17.9. The molecule has 6 heteroatoms. The predicted octanol–water partition coefficient (Wildman–Crippen LogP) is 3.49. The van der Waals surface area contributed by atoms with E-state index in [-0.39, 0.29) is 17.5 Å². The predicted molar refractivity (Wildman–Crippen MR) is 110 cm³/mol. The van der Waals surface area contributed by atoms with Crippen LogP contribution in [0.2, 0.25) is 0 Å². The molecule has 1 amide bonds. The lowest BCUT2D eigenvalue weighted by molar-refractivity contribution is -0.130. The molecule has 0 saturated carbocycles. The monoisotopic (exact) mass is 388 g/mol. The number of carbonyl (C=O) groups excluding carboxylic acids is 2. The quantitative estimate of drug-likeness (QED) is 0.774. The number of aliphatic hydroxyl groups excluding tert-OH is 1. The van der Waals surface area contributed by atoms with Crippen LogP contribution in [0.25, 0.3) is 0 Å². The maximum absolute atomic E-state index is 13.1. The van der Waals surface area contributed by atoms with Crippen molar-refractivity contribution >= 4 is 17.4 Å². The molecule has 0 bridgehead atoms. The van der Waals surface area contributed by atoms with Gasteiger partial charge in [-0.1, -0.05) is 32.9 Å². The van der Waals surface area contributed by atoms with E-state index < -0.39 is 23.1 Å². The molecule has 0 fully saturated rings. The average molecular weight is 389 g/mol. The molecular weight excluding hydrogens is 356 g/mol. The Labute approximate surface area is 167 Å². The maximum Gasteiger partial charge on any atom is 0.290 e. The van der Waals surface area contributed by atoms with Crippen LogP contribution in [0.1, 0.15) is 46.2 Å². The smallest absolute Gasteiger partial charge is 0.290 e. The summed E-state index contributed by atoms with van der Waals surface area (Å²) in [5.41, 5.74) is 1.26. The van der Waals surface area contributed by atoms with Gasteiger partial charge in [0, 0.05) is 31.7 Å². The van der Waals surface area contributed by atoms with Gasteiger partial charge in [0.05, 0.1) is 24.3 Å². The minimum Gasteiger partial charge on any atom is -0.503 e. The number of Topliss-reactive ketones (excluding diaryl/α,β-unsaturated/α-hetero) is 1. The fraction of sp³-hybridized carbons (Fsp3) is 0.545. The Kier molecular flexibility index (Phi) is 6.55. The summed E-state index contributed by atoms with van der Waals surface area (Å²) in [4.78, 5) is 29.4. The van der Waals surface area contributed by atoms with Crippen LogP contribution in [0.3, 0.4) is 0 Å². The summed E-state index contributed by atoms with van der Waals surface area (Å²) in [5.74, 6) is -1.21. The summed E-state index contributed by atoms with van der Waals surface area (Å²) in [6.45, 7) is 9.84. The Balaban J connectivity index is 2.46. The van der Waals surface area contributed by atoms with Gasteiger partial charge in [-0.25, -0.2) is 0 Å². The Hall–Kier alpha value is -2.34. The summed E-state index contributed by atoms with van der Waals surface area (Å²) in [6.07, 6.45) is 0.0350. The summed E-state index contributed by atoms with van der Waals surface area (Å²) in [6, 6.07) is 7.07. The van der Waals surface area contributed by atoms with Gasteiger partial charge in [0.25, 0.3) is 5.91 Å². The number of carbonyl (C=O) groups is 2. The average Bonchev–Trinajstić information content (AvgIpc) is 2.85. The molecule has 1 atom stereocenters. The van der Waals surface area contributed by atoms with Crippen molar-refractivity contribution in [1.82, 2.24) is 4.90 Å². The van der Waals surface area contributed by atoms with Crippen LogP contribution in [-0.2, 0) is 14.3 Å². The van der Waals surface area contributed by atoms with E-state index in [0.29, 0.717) is 13.2 Å². The number of ether oxygens (including phenoxy) is 1. The molecule has 1 aliphatic rings. The lowest BCUT2D eigenvalue weighted by atomic mass is 9.82. The second-order valence-electron chi connectivity index (χ2n) is 8.65. The molecule has 1 unspecified atom stereocenters. The van der Waals surface area contributed by atoms with Crippen LogP contribution in [0.5, 0.6) is 0 Å². The molecule has 1 aromatic rings. The minimum atomic E-state index is -0.712. The first-order valence-corrected chi connectivity index (χ1v) is 9.63. The standard InChI is InChI=1S/C22H32N2O4/c1-14(2)28-13-12-24-18(15-8-10-16(11-9-15)23(6)7)17(19(25)21(24)27)20(26)22(3,4)5/h8-11,14,18,25H,12-13H2,1-7H3. The summed E-state index contributed by atoms with van der Waals surface area (Å²) in [7, 11) is 3.90. The Morgan fingerprint density at radius 1 is 1.21 bits per heavy atom. The van der Waals surface area contributed by atoms with Crippen molar-refractivity contribution in [2.75, 3.05) is 32.1 Å². The van der Waals surface area contributed by atoms with E-state index in [0.717, 1.165) is 11.3 Å². The highest BCUT2D eigenvalue weighted by Crippen LogP contribution is 2.41. The van der Waals surface area contributed by atoms with Crippen LogP contribution in [-0.4, -0.2) is 55.0 Å². The normalized spacial score (nSPS) is 17.6. The second kappa shape index (κ2) is 8.35. The zero-order valence-electron chi connectivity index (χ0n) is 17.9. The molecule has 1 heterocycles. The van der Waals surface area contributed by atoms with Crippen molar-refractivity contribution in [3.8, 4) is 0 Å². The highest BCUT2D eigenvalue weighted by molar-refractivity contribution is 6.10. The summed E-state index contributed by atoms with van der Waals surface area (Å²) < 4.78 is 5.60. The number of amides is 1. The topological polar surface area (TPSA) is 70.1 Å². The van der Waals surface area contributed by atoms with Gasteiger partial charge in [0.2, 0.25) is 0 Å². The molecule has 0 aliphatic carbocycles. The van der Waals surface area contributed by atoms with Crippen molar-refractivity contribution < 1.29 is 19.4 Å². The molecular formula is C22H32N2O4. The lowest BCUT2D eigenvalue weighted by Gasteiger charge is -2.29. The maximum atomic E-state index is 13.1. The molecule has 0 saturated heterocycles. The fourth-order valence-corrected chi connectivity index (χ4v) is 3.21. The molecule has 6 nitrogen and oxygen atoms in total. The molecule has 0 aromatic heterocycles. The van der Waals surface area contributed by atoms with E-state index in [4.69, 9.17) is 4.74 Å². The molecule has 0 spiro atoms. The third-order valence-electron chi connectivity index (χ3n) is 4.74. The van der Waals surface area contributed by atoms with Crippen LogP contribution in [0, 0.1) is 5.41 Å². The largest absolute Gasteiger partial charge is 0.503 e. The summed E-state index contributed by atoms with van der Waals surface area (Å²) >= 11 is 0. The van der Waals surface area contributed by atoms with Crippen LogP contribution >= 0.6 is 0 Å². The van der Waals surface area contributed by atoms with E-state index in [2.05, 4.69) is 0 Å². The van der Waals surface area contributed by atoms with E-state index in [1.165, 1.54) is 4.90 Å². The van der Waals surface area contributed by atoms with Crippen molar-refractivity contribution in [2.24, 2.45) is 5.41 Å². The zero-order chi connectivity index (χ0) is 21.2. The Morgan fingerprint density at radius 2 is 1.79 bits per heavy atom. The van der Waals surface area contributed by atoms with Gasteiger partial charge >= 0.3 is 0 Å². The number of nitrogens with zero attached hydrogens (tertiary/aromatic N) is 2. The van der Waals surface area contributed by atoms with Crippen LogP contribution in [0.15, 0.2) is 35.6 Å². The number of hydrogen-bond donors (Lipinski definition) is 1. The van der Waals surface area contributed by atoms with E-state index in [1.807, 2.05) is 57.1 Å². The van der Waals surface area contributed by atoms with Crippen molar-refractivity contribution in [3.63, 3.8) is 0 Å². The molecule has 0 radical (unpaired) electrons. The third kappa shape index (κ3) is 4.55. The van der Waals surface area contributed by atoms with Gasteiger partial charge in [-0.2, -0.15) is 0 Å². The molecule has 1 aliphatic heterocycles. The molecule has 1 aromatic carbocycles. The third-order valence-corrected chi connectivity index (χ3v) is 4.74. The first-order chi connectivity index (χ1) is 12.9. The first kappa shape index (κ1) is 22.0. The lowest BCUT2D eigenvalue weighted by Crippen LogP contribution is -2.35. The van der Waals surface area contributed by atoms with E-state index >= 15 is 0 Å². The number of rotatable bonds is 7. The van der Waals surface area contributed by atoms with Crippen LogP contribution < -0.4 is 4.90 Å². The van der Waals surface area contributed by atoms with Gasteiger partial charge in [-0.3, -0.25) is 9.59 Å². The number of anilines is 1. The van der Waals surface area contributed by atoms with Gasteiger partial charge in [-0.05, 0) is 31.5 Å². The van der Waals surface area contributed by atoms with Gasteiger partial charge in [-0.15, -0.1) is 0 Å². The summed E-state index contributed by atoms with van der Waals surface area (Å²) in [5, 5.41) is 10.6. The van der Waals surface area contributed by atoms with Crippen LogP contribution in [0.4, 0.5) is 5.69 Å². The van der Waals surface area contributed by atoms with Gasteiger partial charge in [0.15, 0.2) is 11.5 Å². The van der Waals surface area contributed by atoms with Gasteiger partial charge in [0.1, 0.15) is 0 Å². The molecule has 154 valence electrons. The van der Waals surface area contributed by atoms with E-state index in [9.17, 15) is 14.7 Å². The Bertz CT molecular complexity index is 758. The highest BCUT2D eigenvalue weighted by Gasteiger charge is 2.45.